The van der Waals surface area contributed by atoms with Gasteiger partial charge in [0.1, 0.15) is 0 Å². The van der Waals surface area contributed by atoms with E-state index in [2.05, 4.69) is 24.4 Å². The topological polar surface area (TPSA) is 45.0 Å². The van der Waals surface area contributed by atoms with Gasteiger partial charge in [-0.05, 0) is 24.6 Å². The second-order valence-electron chi connectivity index (χ2n) is 3.90. The van der Waals surface area contributed by atoms with Gasteiger partial charge in [-0.2, -0.15) is 5.26 Å². The number of ether oxygens (including phenoxy) is 1. The molecule has 90 valence electrons. The highest BCUT2D eigenvalue weighted by molar-refractivity contribution is 5.55. The van der Waals surface area contributed by atoms with Crippen LogP contribution in [0.1, 0.15) is 18.1 Å². The summed E-state index contributed by atoms with van der Waals surface area (Å²) >= 11 is 0. The first-order chi connectivity index (χ1) is 8.26. The molecule has 3 heteroatoms. The highest BCUT2D eigenvalue weighted by Crippen LogP contribution is 2.08. The standard InChI is InChI=1S/C14H18N2O/c1-12(11-16-6-7-17-2)8-13-4-3-5-14(9-13)10-15/h3-5,8-9,16H,6-7,11H2,1-2H3. The molecule has 0 aromatic heterocycles. The Labute approximate surface area is 103 Å². The van der Waals surface area contributed by atoms with Gasteiger partial charge in [0, 0.05) is 20.2 Å². The second-order valence-corrected chi connectivity index (χ2v) is 3.90. The third-order valence-electron chi connectivity index (χ3n) is 2.32. The average Bonchev–Trinajstić information content (AvgIpc) is 2.35. The summed E-state index contributed by atoms with van der Waals surface area (Å²) in [6.07, 6.45) is 2.08. The van der Waals surface area contributed by atoms with Crippen LogP contribution in [-0.4, -0.2) is 26.8 Å². The van der Waals surface area contributed by atoms with Gasteiger partial charge in [0.05, 0.1) is 18.2 Å². The van der Waals surface area contributed by atoms with E-state index in [1.54, 1.807) is 7.11 Å². The largest absolute Gasteiger partial charge is 0.383 e. The summed E-state index contributed by atoms with van der Waals surface area (Å²) in [5.74, 6) is 0. The predicted molar refractivity (Wildman–Crippen MR) is 69.6 cm³/mol. The molecule has 0 spiro atoms. The van der Waals surface area contributed by atoms with Crippen molar-refractivity contribution in [2.45, 2.75) is 6.92 Å². The number of nitriles is 1. The summed E-state index contributed by atoms with van der Waals surface area (Å²) in [6.45, 7) is 4.47. The van der Waals surface area contributed by atoms with Crippen LogP contribution in [0.3, 0.4) is 0 Å². The van der Waals surface area contributed by atoms with E-state index in [0.717, 1.165) is 25.3 Å². The monoisotopic (exact) mass is 230 g/mol. The number of methoxy groups -OCH3 is 1. The van der Waals surface area contributed by atoms with Crippen molar-refractivity contribution in [1.82, 2.24) is 5.32 Å². The molecule has 1 N–H and O–H groups in total. The minimum Gasteiger partial charge on any atom is -0.383 e. The van der Waals surface area contributed by atoms with Gasteiger partial charge < -0.3 is 10.1 Å². The Morgan fingerprint density at radius 1 is 1.53 bits per heavy atom. The van der Waals surface area contributed by atoms with E-state index in [1.165, 1.54) is 5.57 Å². The first kappa shape index (κ1) is 13.4. The first-order valence-electron chi connectivity index (χ1n) is 5.63. The van der Waals surface area contributed by atoms with E-state index in [1.807, 2.05) is 24.3 Å². The number of hydrogen-bond acceptors (Lipinski definition) is 3. The number of nitrogens with one attached hydrogen (secondary N) is 1. The molecule has 1 aromatic carbocycles. The van der Waals surface area contributed by atoms with Crippen molar-refractivity contribution in [2.24, 2.45) is 0 Å². The summed E-state index contributed by atoms with van der Waals surface area (Å²) in [5, 5.41) is 12.1. The summed E-state index contributed by atoms with van der Waals surface area (Å²) in [6, 6.07) is 9.73. The smallest absolute Gasteiger partial charge is 0.0991 e. The normalized spacial score (nSPS) is 11.2. The molecule has 17 heavy (non-hydrogen) atoms. The molecule has 0 bridgehead atoms. The first-order valence-corrected chi connectivity index (χ1v) is 5.63. The lowest BCUT2D eigenvalue weighted by molar-refractivity contribution is 0.200. The molecule has 0 heterocycles. The van der Waals surface area contributed by atoms with E-state index >= 15 is 0 Å². The van der Waals surface area contributed by atoms with Gasteiger partial charge in [0.15, 0.2) is 0 Å². The van der Waals surface area contributed by atoms with Crippen molar-refractivity contribution in [3.8, 4) is 6.07 Å². The van der Waals surface area contributed by atoms with Crippen molar-refractivity contribution in [1.29, 1.82) is 5.26 Å². The van der Waals surface area contributed by atoms with E-state index < -0.39 is 0 Å². The zero-order valence-corrected chi connectivity index (χ0v) is 10.4. The molecular formula is C14H18N2O. The number of nitrogens with zero attached hydrogens (tertiary/aromatic N) is 1. The van der Waals surface area contributed by atoms with Crippen LogP contribution in [0.25, 0.3) is 6.08 Å². The van der Waals surface area contributed by atoms with Crippen LogP contribution in [0, 0.1) is 11.3 Å². The summed E-state index contributed by atoms with van der Waals surface area (Å²) in [5.41, 5.74) is 2.99. The maximum atomic E-state index is 8.80. The average molecular weight is 230 g/mol. The molecule has 0 atom stereocenters. The van der Waals surface area contributed by atoms with Crippen LogP contribution in [0.15, 0.2) is 29.8 Å². The minimum atomic E-state index is 0.693. The van der Waals surface area contributed by atoms with Crippen molar-refractivity contribution < 1.29 is 4.74 Å². The van der Waals surface area contributed by atoms with Gasteiger partial charge in [-0.1, -0.05) is 23.8 Å². The Kier molecular flexibility index (Phi) is 6.02. The van der Waals surface area contributed by atoms with Crippen LogP contribution in [0.2, 0.25) is 0 Å². The van der Waals surface area contributed by atoms with Crippen LogP contribution >= 0.6 is 0 Å². The van der Waals surface area contributed by atoms with Crippen molar-refractivity contribution >= 4 is 6.08 Å². The molecule has 1 aromatic rings. The van der Waals surface area contributed by atoms with Gasteiger partial charge in [0.25, 0.3) is 0 Å². The fourth-order valence-electron chi connectivity index (χ4n) is 1.49. The third-order valence-corrected chi connectivity index (χ3v) is 2.32. The summed E-state index contributed by atoms with van der Waals surface area (Å²) < 4.78 is 4.95. The Morgan fingerprint density at radius 3 is 3.06 bits per heavy atom. The maximum Gasteiger partial charge on any atom is 0.0991 e. The van der Waals surface area contributed by atoms with Gasteiger partial charge in [0.2, 0.25) is 0 Å². The van der Waals surface area contributed by atoms with Crippen LogP contribution < -0.4 is 5.32 Å². The van der Waals surface area contributed by atoms with Crippen molar-refractivity contribution in [3.63, 3.8) is 0 Å². The quantitative estimate of drug-likeness (QED) is 0.762. The molecule has 0 aliphatic heterocycles. The number of rotatable bonds is 6. The van der Waals surface area contributed by atoms with Crippen molar-refractivity contribution in [2.75, 3.05) is 26.8 Å². The zero-order chi connectivity index (χ0) is 12.5. The minimum absolute atomic E-state index is 0.693. The Balaban J connectivity index is 2.52. The fraction of sp³-hybridized carbons (Fsp3) is 0.357. The Bertz CT molecular complexity index is 418. The maximum absolute atomic E-state index is 8.80. The highest BCUT2D eigenvalue weighted by atomic mass is 16.5. The van der Waals surface area contributed by atoms with E-state index in [-0.39, 0.29) is 0 Å². The Morgan fingerprint density at radius 2 is 2.35 bits per heavy atom. The summed E-state index contributed by atoms with van der Waals surface area (Å²) in [7, 11) is 1.69. The van der Waals surface area contributed by atoms with Gasteiger partial charge in [-0.3, -0.25) is 0 Å². The van der Waals surface area contributed by atoms with Gasteiger partial charge in [-0.15, -0.1) is 0 Å². The third kappa shape index (κ3) is 5.30. The molecular weight excluding hydrogens is 212 g/mol. The second kappa shape index (κ2) is 7.61. The molecule has 0 saturated carbocycles. The highest BCUT2D eigenvalue weighted by Gasteiger charge is 1.94. The number of hydrogen-bond donors (Lipinski definition) is 1. The lowest BCUT2D eigenvalue weighted by atomic mass is 10.1. The molecule has 0 radical (unpaired) electrons. The van der Waals surface area contributed by atoms with Crippen LogP contribution in [-0.2, 0) is 4.74 Å². The molecule has 0 amide bonds. The lowest BCUT2D eigenvalue weighted by Gasteiger charge is -2.04. The lowest BCUT2D eigenvalue weighted by Crippen LogP contribution is -2.20. The molecule has 0 aliphatic rings. The van der Waals surface area contributed by atoms with Gasteiger partial charge in [-0.25, -0.2) is 0 Å². The molecule has 3 nitrogen and oxygen atoms in total. The van der Waals surface area contributed by atoms with Crippen LogP contribution in [0.4, 0.5) is 0 Å². The van der Waals surface area contributed by atoms with E-state index in [0.29, 0.717) is 5.56 Å². The Hall–Kier alpha value is -1.63. The van der Waals surface area contributed by atoms with E-state index in [9.17, 15) is 0 Å². The molecule has 0 saturated heterocycles. The zero-order valence-electron chi connectivity index (χ0n) is 10.4. The van der Waals surface area contributed by atoms with Crippen LogP contribution in [0.5, 0.6) is 0 Å². The summed E-state index contributed by atoms with van der Waals surface area (Å²) in [4.78, 5) is 0. The van der Waals surface area contributed by atoms with Gasteiger partial charge >= 0.3 is 0 Å². The molecule has 1 rings (SSSR count). The molecule has 0 aliphatic carbocycles. The molecule has 0 fully saturated rings. The predicted octanol–water partition coefficient (Wildman–Crippen LogP) is 2.20. The van der Waals surface area contributed by atoms with Crippen molar-refractivity contribution in [3.05, 3.63) is 41.0 Å². The van der Waals surface area contributed by atoms with E-state index in [4.69, 9.17) is 10.00 Å². The number of benzene rings is 1. The fourth-order valence-corrected chi connectivity index (χ4v) is 1.49. The SMILES string of the molecule is COCCNCC(C)=Cc1cccc(C#N)c1. The molecule has 0 unspecified atom stereocenters.